The number of nitrogens with zero attached hydrogens (tertiary/aromatic N) is 1. The first-order valence-electron chi connectivity index (χ1n) is 5.68. The Morgan fingerprint density at radius 3 is 2.42 bits per heavy atom. The van der Waals surface area contributed by atoms with Gasteiger partial charge < -0.3 is 5.11 Å². The van der Waals surface area contributed by atoms with Gasteiger partial charge in [0.05, 0.1) is 16.8 Å². The third kappa shape index (κ3) is 2.52. The second-order valence-corrected chi connectivity index (χ2v) is 4.35. The highest BCUT2D eigenvalue weighted by atomic mass is 16.6. The number of Topliss-reactive ketones (excluding diaryl/α,β-unsaturated/α-hetero) is 2. The number of hydrogen-bond donors (Lipinski definition) is 1. The standard InChI is InChI=1S/C13H11NO5/c15-7-11-12(16)5-9(6-13(11)17)8-2-1-3-10(4-8)14(18)19/h1-4,7,9,15H,5-6H2. The van der Waals surface area contributed by atoms with Crippen LogP contribution in [-0.4, -0.2) is 21.6 Å². The Morgan fingerprint density at radius 1 is 1.26 bits per heavy atom. The molecule has 0 saturated heterocycles. The summed E-state index contributed by atoms with van der Waals surface area (Å²) in [4.78, 5) is 33.5. The molecule has 0 spiro atoms. The summed E-state index contributed by atoms with van der Waals surface area (Å²) in [6, 6.07) is 5.92. The zero-order valence-corrected chi connectivity index (χ0v) is 9.91. The topological polar surface area (TPSA) is 97.5 Å². The van der Waals surface area contributed by atoms with Crippen molar-refractivity contribution in [3.63, 3.8) is 0 Å². The molecule has 1 N–H and O–H groups in total. The highest BCUT2D eigenvalue weighted by Gasteiger charge is 2.31. The highest BCUT2D eigenvalue weighted by Crippen LogP contribution is 2.32. The maximum Gasteiger partial charge on any atom is 0.269 e. The molecule has 2 rings (SSSR count). The van der Waals surface area contributed by atoms with Crippen LogP contribution < -0.4 is 0 Å². The molecule has 0 heterocycles. The van der Waals surface area contributed by atoms with E-state index in [1.807, 2.05) is 0 Å². The first-order chi connectivity index (χ1) is 9.02. The van der Waals surface area contributed by atoms with Crippen molar-refractivity contribution in [2.24, 2.45) is 0 Å². The van der Waals surface area contributed by atoms with Crippen molar-refractivity contribution in [1.82, 2.24) is 0 Å². The van der Waals surface area contributed by atoms with Gasteiger partial charge in [-0.1, -0.05) is 12.1 Å². The molecule has 0 amide bonds. The number of carbonyl (C=O) groups is 2. The lowest BCUT2D eigenvalue weighted by Crippen LogP contribution is -2.24. The minimum Gasteiger partial charge on any atom is -0.515 e. The maximum absolute atomic E-state index is 11.7. The van der Waals surface area contributed by atoms with E-state index in [9.17, 15) is 19.7 Å². The number of ketones is 2. The Hall–Kier alpha value is -2.50. The van der Waals surface area contributed by atoms with Crippen LogP contribution in [0.1, 0.15) is 24.3 Å². The van der Waals surface area contributed by atoms with Gasteiger partial charge >= 0.3 is 0 Å². The molecule has 0 aromatic heterocycles. The van der Waals surface area contributed by atoms with Crippen LogP contribution in [0.25, 0.3) is 0 Å². The predicted molar refractivity (Wildman–Crippen MR) is 65.8 cm³/mol. The molecular weight excluding hydrogens is 250 g/mol. The lowest BCUT2D eigenvalue weighted by molar-refractivity contribution is -0.384. The first kappa shape index (κ1) is 12.9. The molecule has 1 aliphatic rings. The molecule has 0 aliphatic heterocycles. The molecule has 0 radical (unpaired) electrons. The van der Waals surface area contributed by atoms with Crippen LogP contribution in [-0.2, 0) is 9.59 Å². The van der Waals surface area contributed by atoms with Crippen molar-refractivity contribution in [1.29, 1.82) is 0 Å². The Kier molecular flexibility index (Phi) is 3.41. The molecule has 1 fully saturated rings. The number of nitro benzene ring substituents is 1. The third-order valence-electron chi connectivity index (χ3n) is 3.15. The van der Waals surface area contributed by atoms with Gasteiger partial charge in [0.1, 0.15) is 0 Å². The third-order valence-corrected chi connectivity index (χ3v) is 3.15. The van der Waals surface area contributed by atoms with Gasteiger partial charge in [0, 0.05) is 25.0 Å². The Balaban J connectivity index is 2.29. The largest absolute Gasteiger partial charge is 0.515 e. The SMILES string of the molecule is O=C1CC(c2cccc([N+](=O)[O-])c2)CC(=O)C1=CO. The van der Waals surface area contributed by atoms with Crippen molar-refractivity contribution in [2.75, 3.05) is 0 Å². The van der Waals surface area contributed by atoms with Crippen molar-refractivity contribution in [2.45, 2.75) is 18.8 Å². The average molecular weight is 261 g/mol. The molecule has 19 heavy (non-hydrogen) atoms. The van der Waals surface area contributed by atoms with Gasteiger partial charge in [-0.15, -0.1) is 0 Å². The molecule has 6 heteroatoms. The average Bonchev–Trinajstić information content (AvgIpc) is 2.38. The van der Waals surface area contributed by atoms with Crippen LogP contribution in [0, 0.1) is 10.1 Å². The number of aliphatic hydroxyl groups excluding tert-OH is 1. The lowest BCUT2D eigenvalue weighted by Gasteiger charge is -2.21. The predicted octanol–water partition coefficient (Wildman–Crippen LogP) is 2.05. The van der Waals surface area contributed by atoms with E-state index in [0.29, 0.717) is 11.8 Å². The second-order valence-electron chi connectivity index (χ2n) is 4.35. The first-order valence-corrected chi connectivity index (χ1v) is 5.68. The number of aliphatic hydroxyl groups is 1. The number of allylic oxidation sites excluding steroid dienone is 1. The molecule has 1 aromatic rings. The fourth-order valence-corrected chi connectivity index (χ4v) is 2.17. The monoisotopic (exact) mass is 261 g/mol. The van der Waals surface area contributed by atoms with E-state index < -0.39 is 16.5 Å². The Morgan fingerprint density at radius 2 is 1.89 bits per heavy atom. The van der Waals surface area contributed by atoms with Gasteiger partial charge in [0.25, 0.3) is 5.69 Å². The zero-order valence-electron chi connectivity index (χ0n) is 9.91. The summed E-state index contributed by atoms with van der Waals surface area (Å²) < 4.78 is 0. The van der Waals surface area contributed by atoms with E-state index in [2.05, 4.69) is 0 Å². The van der Waals surface area contributed by atoms with Gasteiger partial charge in [-0.3, -0.25) is 19.7 Å². The molecular formula is C13H11NO5. The second kappa shape index (κ2) is 5.01. The number of hydrogen-bond acceptors (Lipinski definition) is 5. The number of nitro groups is 1. The van der Waals surface area contributed by atoms with Crippen LogP contribution in [0.4, 0.5) is 5.69 Å². The van der Waals surface area contributed by atoms with E-state index in [1.165, 1.54) is 18.2 Å². The van der Waals surface area contributed by atoms with Gasteiger partial charge in [0.2, 0.25) is 0 Å². The molecule has 1 aromatic carbocycles. The lowest BCUT2D eigenvalue weighted by atomic mass is 9.80. The van der Waals surface area contributed by atoms with Crippen LogP contribution in [0.3, 0.4) is 0 Å². The zero-order chi connectivity index (χ0) is 14.0. The smallest absolute Gasteiger partial charge is 0.269 e. The summed E-state index contributed by atoms with van der Waals surface area (Å²) in [6.07, 6.45) is 0.674. The van der Waals surface area contributed by atoms with Crippen LogP contribution in [0.2, 0.25) is 0 Å². The van der Waals surface area contributed by atoms with Crippen LogP contribution in [0.5, 0.6) is 0 Å². The summed E-state index contributed by atoms with van der Waals surface area (Å²) >= 11 is 0. The molecule has 0 unspecified atom stereocenters. The normalized spacial score (nSPS) is 19.4. The number of carbonyl (C=O) groups excluding carboxylic acids is 2. The van der Waals surface area contributed by atoms with Crippen molar-refractivity contribution < 1.29 is 19.6 Å². The molecule has 6 nitrogen and oxygen atoms in total. The summed E-state index contributed by atoms with van der Waals surface area (Å²) in [5, 5.41) is 19.5. The minimum atomic E-state index is -0.519. The van der Waals surface area contributed by atoms with E-state index in [1.54, 1.807) is 6.07 Å². The summed E-state index contributed by atoms with van der Waals surface area (Å²) in [5.41, 5.74) is 0.329. The summed E-state index contributed by atoms with van der Waals surface area (Å²) in [6.45, 7) is 0. The molecule has 1 aliphatic carbocycles. The van der Waals surface area contributed by atoms with Gasteiger partial charge in [-0.25, -0.2) is 0 Å². The van der Waals surface area contributed by atoms with E-state index >= 15 is 0 Å². The highest BCUT2D eigenvalue weighted by molar-refractivity contribution is 6.22. The van der Waals surface area contributed by atoms with Gasteiger partial charge in [0.15, 0.2) is 11.6 Å². The van der Waals surface area contributed by atoms with Crippen molar-refractivity contribution in [3.8, 4) is 0 Å². The maximum atomic E-state index is 11.7. The fourth-order valence-electron chi connectivity index (χ4n) is 2.17. The Labute approximate surface area is 108 Å². The fraction of sp³-hybridized carbons (Fsp3) is 0.231. The molecule has 0 bridgehead atoms. The van der Waals surface area contributed by atoms with E-state index in [0.717, 1.165) is 0 Å². The molecule has 98 valence electrons. The Bertz CT molecular complexity index is 570. The molecule has 1 saturated carbocycles. The van der Waals surface area contributed by atoms with Crippen LogP contribution in [0.15, 0.2) is 36.1 Å². The number of benzene rings is 1. The van der Waals surface area contributed by atoms with Gasteiger partial charge in [-0.2, -0.15) is 0 Å². The molecule has 0 atom stereocenters. The van der Waals surface area contributed by atoms with Crippen molar-refractivity contribution in [3.05, 3.63) is 51.8 Å². The van der Waals surface area contributed by atoms with E-state index in [-0.39, 0.29) is 30.0 Å². The number of rotatable bonds is 2. The minimum absolute atomic E-state index is 0.0686. The van der Waals surface area contributed by atoms with Gasteiger partial charge in [-0.05, 0) is 11.5 Å². The summed E-state index contributed by atoms with van der Waals surface area (Å²) in [7, 11) is 0. The summed E-state index contributed by atoms with van der Waals surface area (Å²) in [5.74, 6) is -1.24. The number of non-ortho nitro benzene ring substituents is 1. The van der Waals surface area contributed by atoms with E-state index in [4.69, 9.17) is 5.11 Å². The van der Waals surface area contributed by atoms with Crippen LogP contribution >= 0.6 is 0 Å². The quantitative estimate of drug-likeness (QED) is 0.289. The van der Waals surface area contributed by atoms with Crippen molar-refractivity contribution >= 4 is 17.3 Å².